The zero-order valence-electron chi connectivity index (χ0n) is 8.88. The molecule has 0 unspecified atom stereocenters. The van der Waals surface area contributed by atoms with Gasteiger partial charge in [0.05, 0.1) is 0 Å². The van der Waals surface area contributed by atoms with Crippen LogP contribution in [0.1, 0.15) is 18.1 Å². The topological polar surface area (TPSA) is 0 Å². The molecule has 0 bridgehead atoms. The second-order valence-corrected chi connectivity index (χ2v) is 3.57. The fraction of sp³-hybridized carbons (Fsp3) is 0.143. The highest BCUT2D eigenvalue weighted by Gasteiger charge is 1.93. The molecule has 0 N–H and O–H groups in total. The van der Waals surface area contributed by atoms with Crippen LogP contribution in [0.3, 0.4) is 0 Å². The first-order chi connectivity index (χ1) is 6.59. The van der Waals surface area contributed by atoms with Gasteiger partial charge in [-0.25, -0.2) is 0 Å². The first-order valence-corrected chi connectivity index (χ1v) is 4.69. The Morgan fingerprint density at radius 3 is 2.14 bits per heavy atom. The van der Waals surface area contributed by atoms with Crippen LogP contribution < -0.4 is 0 Å². The third-order valence-corrected chi connectivity index (χ3v) is 1.99. The molecule has 0 heteroatoms. The maximum atomic E-state index is 4.00. The molecule has 0 spiro atoms. The number of aryl methyl sites for hydroxylation is 1. The summed E-state index contributed by atoms with van der Waals surface area (Å²) in [6, 6.07) is 8.35. The monoisotopic (exact) mass is 184 g/mol. The quantitative estimate of drug-likeness (QED) is 0.619. The molecule has 0 aromatic heterocycles. The molecular weight excluding hydrogens is 168 g/mol. The summed E-state index contributed by atoms with van der Waals surface area (Å²) in [4.78, 5) is 0. The average molecular weight is 184 g/mol. The summed E-state index contributed by atoms with van der Waals surface area (Å²) in [6.07, 6.45) is 3.97. The molecule has 0 atom stereocenters. The Morgan fingerprint density at radius 1 is 1.07 bits per heavy atom. The van der Waals surface area contributed by atoms with Crippen molar-refractivity contribution < 1.29 is 0 Å². The average Bonchev–Trinajstić information content (AvgIpc) is 2.15. The van der Waals surface area contributed by atoms with Crippen LogP contribution >= 0.6 is 0 Å². The third kappa shape index (κ3) is 3.06. The normalized spacial score (nSPS) is 10.4. The van der Waals surface area contributed by atoms with E-state index in [0.717, 1.165) is 16.7 Å². The molecule has 0 heterocycles. The Labute approximate surface area is 86.3 Å². The van der Waals surface area contributed by atoms with Gasteiger partial charge in [-0.2, -0.15) is 0 Å². The molecule has 1 aromatic carbocycles. The van der Waals surface area contributed by atoms with Gasteiger partial charge in [-0.15, -0.1) is 0 Å². The molecule has 14 heavy (non-hydrogen) atoms. The van der Waals surface area contributed by atoms with E-state index in [-0.39, 0.29) is 0 Å². The number of allylic oxidation sites excluding steroid dienone is 4. The second-order valence-electron chi connectivity index (χ2n) is 3.57. The van der Waals surface area contributed by atoms with Gasteiger partial charge in [-0.05, 0) is 25.0 Å². The molecule has 0 aliphatic rings. The van der Waals surface area contributed by atoms with E-state index in [4.69, 9.17) is 0 Å². The van der Waals surface area contributed by atoms with Gasteiger partial charge < -0.3 is 0 Å². The van der Waals surface area contributed by atoms with E-state index < -0.39 is 0 Å². The predicted molar refractivity (Wildman–Crippen MR) is 64.2 cm³/mol. The predicted octanol–water partition coefficient (Wildman–Crippen LogP) is 4.14. The lowest BCUT2D eigenvalue weighted by Crippen LogP contribution is -1.79. The van der Waals surface area contributed by atoms with Crippen molar-refractivity contribution in [2.45, 2.75) is 13.8 Å². The number of rotatable bonds is 3. The van der Waals surface area contributed by atoms with E-state index in [1.54, 1.807) is 0 Å². The van der Waals surface area contributed by atoms with Crippen LogP contribution in [0.2, 0.25) is 0 Å². The van der Waals surface area contributed by atoms with Gasteiger partial charge in [-0.3, -0.25) is 0 Å². The van der Waals surface area contributed by atoms with Crippen molar-refractivity contribution in [3.63, 3.8) is 0 Å². The molecule has 72 valence electrons. The smallest absolute Gasteiger partial charge is 0.0190 e. The first-order valence-electron chi connectivity index (χ1n) is 4.69. The van der Waals surface area contributed by atoms with Gasteiger partial charge in [-0.1, -0.05) is 60.7 Å². The summed E-state index contributed by atoms with van der Waals surface area (Å²) in [5.74, 6) is 0. The maximum Gasteiger partial charge on any atom is -0.0190 e. The molecule has 1 aromatic rings. The van der Waals surface area contributed by atoms with Crippen LogP contribution in [0.5, 0.6) is 0 Å². The summed E-state index contributed by atoms with van der Waals surface area (Å²) in [5, 5.41) is 0. The number of benzene rings is 1. The molecule has 0 saturated heterocycles. The SMILES string of the molecule is C=C(C)/C=C\C(=C)c1ccc(C)cc1. The Morgan fingerprint density at radius 2 is 1.64 bits per heavy atom. The van der Waals surface area contributed by atoms with E-state index in [9.17, 15) is 0 Å². The highest BCUT2D eigenvalue weighted by molar-refractivity contribution is 5.72. The van der Waals surface area contributed by atoms with E-state index >= 15 is 0 Å². The molecule has 0 nitrogen and oxygen atoms in total. The number of hydrogen-bond donors (Lipinski definition) is 0. The van der Waals surface area contributed by atoms with E-state index in [1.807, 2.05) is 19.1 Å². The van der Waals surface area contributed by atoms with Crippen LogP contribution in [-0.2, 0) is 0 Å². The highest BCUT2D eigenvalue weighted by atomic mass is 14.0. The molecule has 0 radical (unpaired) electrons. The molecular formula is C14H16. The van der Waals surface area contributed by atoms with E-state index in [1.165, 1.54) is 5.56 Å². The zero-order valence-corrected chi connectivity index (χ0v) is 8.88. The van der Waals surface area contributed by atoms with Gasteiger partial charge in [0.1, 0.15) is 0 Å². The fourth-order valence-corrected chi connectivity index (χ4v) is 1.11. The van der Waals surface area contributed by atoms with Crippen molar-refractivity contribution in [1.82, 2.24) is 0 Å². The van der Waals surface area contributed by atoms with Crippen molar-refractivity contribution in [3.05, 3.63) is 66.3 Å². The second kappa shape index (κ2) is 4.61. The van der Waals surface area contributed by atoms with Crippen molar-refractivity contribution in [1.29, 1.82) is 0 Å². The Balaban J connectivity index is 2.80. The minimum absolute atomic E-state index is 1.02. The Hall–Kier alpha value is -1.56. The minimum Gasteiger partial charge on any atom is -0.0961 e. The lowest BCUT2D eigenvalue weighted by Gasteiger charge is -2.00. The lowest BCUT2D eigenvalue weighted by molar-refractivity contribution is 1.45. The zero-order chi connectivity index (χ0) is 10.6. The standard InChI is InChI=1S/C14H16/c1-11(2)5-8-13(4)14-9-6-12(3)7-10-14/h5-10H,1,4H2,2-3H3/b8-5-. The van der Waals surface area contributed by atoms with Crippen molar-refractivity contribution in [2.24, 2.45) is 0 Å². The van der Waals surface area contributed by atoms with Crippen LogP contribution in [0.15, 0.2) is 55.1 Å². The van der Waals surface area contributed by atoms with Gasteiger partial charge in [0.15, 0.2) is 0 Å². The highest BCUT2D eigenvalue weighted by Crippen LogP contribution is 2.14. The summed E-state index contributed by atoms with van der Waals surface area (Å²) < 4.78 is 0. The Bertz CT molecular complexity index is 364. The van der Waals surface area contributed by atoms with Crippen LogP contribution in [0, 0.1) is 6.92 Å². The maximum absolute atomic E-state index is 4.00. The molecule has 0 aliphatic carbocycles. The fourth-order valence-electron chi connectivity index (χ4n) is 1.11. The minimum atomic E-state index is 1.02. The van der Waals surface area contributed by atoms with Crippen LogP contribution in [0.4, 0.5) is 0 Å². The van der Waals surface area contributed by atoms with Gasteiger partial charge in [0, 0.05) is 0 Å². The molecule has 0 aliphatic heterocycles. The van der Waals surface area contributed by atoms with Crippen molar-refractivity contribution >= 4 is 5.57 Å². The van der Waals surface area contributed by atoms with Crippen LogP contribution in [0.25, 0.3) is 5.57 Å². The molecule has 0 fully saturated rings. The summed E-state index contributed by atoms with van der Waals surface area (Å²) >= 11 is 0. The van der Waals surface area contributed by atoms with E-state index in [0.29, 0.717) is 0 Å². The van der Waals surface area contributed by atoms with Gasteiger partial charge >= 0.3 is 0 Å². The first kappa shape index (κ1) is 10.5. The molecule has 0 saturated carbocycles. The van der Waals surface area contributed by atoms with Crippen LogP contribution in [-0.4, -0.2) is 0 Å². The third-order valence-electron chi connectivity index (χ3n) is 1.99. The molecule has 0 amide bonds. The summed E-state index contributed by atoms with van der Waals surface area (Å²) in [7, 11) is 0. The lowest BCUT2D eigenvalue weighted by atomic mass is 10.1. The summed E-state index contributed by atoms with van der Waals surface area (Å²) in [6.45, 7) is 11.9. The summed E-state index contributed by atoms with van der Waals surface area (Å²) in [5.41, 5.74) is 4.49. The van der Waals surface area contributed by atoms with Gasteiger partial charge in [0.2, 0.25) is 0 Å². The Kier molecular flexibility index (Phi) is 3.47. The van der Waals surface area contributed by atoms with Crippen molar-refractivity contribution in [2.75, 3.05) is 0 Å². The van der Waals surface area contributed by atoms with Gasteiger partial charge in [0.25, 0.3) is 0 Å². The largest absolute Gasteiger partial charge is 0.0961 e. The van der Waals surface area contributed by atoms with E-state index in [2.05, 4.69) is 44.3 Å². The molecule has 1 rings (SSSR count). The van der Waals surface area contributed by atoms with Crippen molar-refractivity contribution in [3.8, 4) is 0 Å². The number of hydrogen-bond acceptors (Lipinski definition) is 0.